The molecule has 0 unspecified atom stereocenters. The smallest absolute Gasteiger partial charge is 0.305 e. The highest BCUT2D eigenvalue weighted by molar-refractivity contribution is 5.69. The van der Waals surface area contributed by atoms with Gasteiger partial charge in [-0.2, -0.15) is 0 Å². The summed E-state index contributed by atoms with van der Waals surface area (Å²) >= 11 is 0. The summed E-state index contributed by atoms with van der Waals surface area (Å²) in [5, 5.41) is 0. The van der Waals surface area contributed by atoms with Crippen molar-refractivity contribution in [1.29, 1.82) is 0 Å². The first kappa shape index (κ1) is 54.5. The molecule has 0 aliphatic carbocycles. The van der Waals surface area contributed by atoms with Gasteiger partial charge in [0.1, 0.15) is 0 Å². The second-order valence-electron chi connectivity index (χ2n) is 18.2. The fourth-order valence-corrected chi connectivity index (χ4v) is 8.55. The van der Waals surface area contributed by atoms with Gasteiger partial charge in [0.15, 0.2) is 0 Å². The zero-order valence-corrected chi connectivity index (χ0v) is 38.7. The van der Waals surface area contributed by atoms with Gasteiger partial charge >= 0.3 is 5.97 Å². The van der Waals surface area contributed by atoms with E-state index < -0.39 is 0 Å². The Kier molecular flexibility index (Phi) is 51.0. The predicted molar refractivity (Wildman–Crippen MR) is 249 cm³/mol. The molecule has 0 bridgehead atoms. The Morgan fingerprint density at radius 1 is 0.236 bits per heavy atom. The lowest BCUT2D eigenvalue weighted by molar-refractivity contribution is -0.143. The van der Waals surface area contributed by atoms with E-state index in [0.29, 0.717) is 13.0 Å². The largest absolute Gasteiger partial charge is 0.466 e. The maximum absolute atomic E-state index is 12.0. The summed E-state index contributed by atoms with van der Waals surface area (Å²) in [5.74, 6) is 0.0338. The summed E-state index contributed by atoms with van der Waals surface area (Å²) < 4.78 is 5.49. The molecular formula is C53H106O2. The van der Waals surface area contributed by atoms with Crippen LogP contribution in [0.15, 0.2) is 0 Å². The monoisotopic (exact) mass is 775 g/mol. The van der Waals surface area contributed by atoms with Gasteiger partial charge < -0.3 is 4.74 Å². The highest BCUT2D eigenvalue weighted by Gasteiger charge is 2.03. The number of esters is 1. The molecule has 0 heterocycles. The third kappa shape index (κ3) is 51.5. The molecule has 0 spiro atoms. The Balaban J connectivity index is 3.13. The molecule has 2 heteroatoms. The molecule has 0 saturated carbocycles. The number of ether oxygens (including phenoxy) is 1. The minimum atomic E-state index is 0.0338. The summed E-state index contributed by atoms with van der Waals surface area (Å²) in [4.78, 5) is 12.0. The molecule has 0 aliphatic heterocycles. The van der Waals surface area contributed by atoms with Crippen molar-refractivity contribution in [3.63, 3.8) is 0 Å². The van der Waals surface area contributed by atoms with E-state index in [-0.39, 0.29) is 5.97 Å². The molecule has 55 heavy (non-hydrogen) atoms. The standard InChI is InChI=1S/C53H106O2/c1-3-5-7-9-11-13-15-17-19-21-22-23-24-25-26-27-28-29-30-31-32-33-34-35-36-37-39-41-43-45-47-49-51-53(54)55-52-50-48-46-44-42-40-38-20-18-16-14-12-10-8-6-4-2/h3-52H2,1-2H3. The molecule has 0 aromatic rings. The second kappa shape index (κ2) is 51.5. The summed E-state index contributed by atoms with van der Waals surface area (Å²) in [6.45, 7) is 5.24. The number of rotatable bonds is 50. The second-order valence-corrected chi connectivity index (χ2v) is 18.2. The minimum absolute atomic E-state index is 0.0338. The van der Waals surface area contributed by atoms with Crippen molar-refractivity contribution >= 4 is 5.97 Å². The first-order chi connectivity index (χ1) is 27.3. The number of carbonyl (C=O) groups is 1. The van der Waals surface area contributed by atoms with Gasteiger partial charge in [-0.15, -0.1) is 0 Å². The topological polar surface area (TPSA) is 26.3 Å². The van der Waals surface area contributed by atoms with Crippen molar-refractivity contribution in [3.8, 4) is 0 Å². The van der Waals surface area contributed by atoms with Crippen LogP contribution in [-0.2, 0) is 9.53 Å². The Labute approximate surface area is 349 Å². The molecule has 2 nitrogen and oxygen atoms in total. The van der Waals surface area contributed by atoms with Crippen molar-refractivity contribution in [2.75, 3.05) is 6.61 Å². The molecule has 0 radical (unpaired) electrons. The van der Waals surface area contributed by atoms with E-state index >= 15 is 0 Å². The Morgan fingerprint density at radius 3 is 0.600 bits per heavy atom. The third-order valence-corrected chi connectivity index (χ3v) is 12.5. The van der Waals surface area contributed by atoms with Crippen LogP contribution >= 0.6 is 0 Å². The van der Waals surface area contributed by atoms with Crippen molar-refractivity contribution in [1.82, 2.24) is 0 Å². The van der Waals surface area contributed by atoms with Crippen LogP contribution in [0.25, 0.3) is 0 Å². The van der Waals surface area contributed by atoms with Crippen molar-refractivity contribution < 1.29 is 9.53 Å². The zero-order chi connectivity index (χ0) is 39.6. The molecule has 0 aliphatic rings. The molecule has 330 valence electrons. The van der Waals surface area contributed by atoms with Crippen LogP contribution in [-0.4, -0.2) is 12.6 Å². The molecule has 0 saturated heterocycles. The Hall–Kier alpha value is -0.530. The SMILES string of the molecule is CCCCCCCCCCCCCCCCCCCCCCCCCCCCCCCCCCC(=O)OCCCCCCCCCCCCCCCCCC. The van der Waals surface area contributed by atoms with Crippen LogP contribution in [0, 0.1) is 0 Å². The Morgan fingerprint density at radius 2 is 0.400 bits per heavy atom. The molecule has 0 amide bonds. The summed E-state index contributed by atoms with van der Waals surface area (Å²) in [6, 6.07) is 0. The number of carbonyl (C=O) groups excluding carboxylic acids is 1. The number of hydrogen-bond acceptors (Lipinski definition) is 2. The van der Waals surface area contributed by atoms with Gasteiger partial charge in [-0.1, -0.05) is 309 Å². The average Bonchev–Trinajstić information content (AvgIpc) is 3.19. The van der Waals surface area contributed by atoms with Gasteiger partial charge in [-0.05, 0) is 12.8 Å². The van der Waals surface area contributed by atoms with E-state index in [9.17, 15) is 4.79 Å². The quantitative estimate of drug-likeness (QED) is 0.0454. The van der Waals surface area contributed by atoms with Crippen LogP contribution < -0.4 is 0 Å². The molecule has 0 fully saturated rings. The fraction of sp³-hybridized carbons (Fsp3) is 0.981. The van der Waals surface area contributed by atoms with E-state index in [1.165, 1.54) is 295 Å². The predicted octanol–water partition coefficient (Wildman–Crippen LogP) is 19.7. The highest BCUT2D eigenvalue weighted by atomic mass is 16.5. The van der Waals surface area contributed by atoms with Gasteiger partial charge in [0, 0.05) is 6.42 Å². The van der Waals surface area contributed by atoms with Gasteiger partial charge in [-0.3, -0.25) is 4.79 Å². The van der Waals surface area contributed by atoms with Crippen LogP contribution in [0.5, 0.6) is 0 Å². The molecule has 0 N–H and O–H groups in total. The summed E-state index contributed by atoms with van der Waals surface area (Å²) in [5.41, 5.74) is 0. The summed E-state index contributed by atoms with van der Waals surface area (Å²) in [6.07, 6.45) is 68.4. The lowest BCUT2D eigenvalue weighted by atomic mass is 10.0. The van der Waals surface area contributed by atoms with E-state index in [4.69, 9.17) is 4.74 Å². The Bertz CT molecular complexity index is 673. The van der Waals surface area contributed by atoms with E-state index in [2.05, 4.69) is 13.8 Å². The molecule has 0 atom stereocenters. The van der Waals surface area contributed by atoms with Crippen molar-refractivity contribution in [2.24, 2.45) is 0 Å². The maximum Gasteiger partial charge on any atom is 0.305 e. The van der Waals surface area contributed by atoms with E-state index in [1.54, 1.807) is 0 Å². The zero-order valence-electron chi connectivity index (χ0n) is 38.7. The minimum Gasteiger partial charge on any atom is -0.466 e. The van der Waals surface area contributed by atoms with E-state index in [1.807, 2.05) is 0 Å². The molecule has 0 aromatic carbocycles. The van der Waals surface area contributed by atoms with Gasteiger partial charge in [-0.25, -0.2) is 0 Å². The fourth-order valence-electron chi connectivity index (χ4n) is 8.55. The van der Waals surface area contributed by atoms with Crippen molar-refractivity contribution in [2.45, 2.75) is 328 Å². The average molecular weight is 775 g/mol. The van der Waals surface area contributed by atoms with Crippen LogP contribution in [0.3, 0.4) is 0 Å². The van der Waals surface area contributed by atoms with Crippen LogP contribution in [0.1, 0.15) is 328 Å². The highest BCUT2D eigenvalue weighted by Crippen LogP contribution is 2.18. The summed E-state index contributed by atoms with van der Waals surface area (Å²) in [7, 11) is 0. The molecular weight excluding hydrogens is 669 g/mol. The van der Waals surface area contributed by atoms with Gasteiger partial charge in [0.05, 0.1) is 6.61 Å². The molecule has 0 rings (SSSR count). The number of hydrogen-bond donors (Lipinski definition) is 0. The lowest BCUT2D eigenvalue weighted by Gasteiger charge is -2.06. The van der Waals surface area contributed by atoms with Crippen LogP contribution in [0.2, 0.25) is 0 Å². The maximum atomic E-state index is 12.0. The first-order valence-corrected chi connectivity index (χ1v) is 26.5. The number of unbranched alkanes of at least 4 members (excludes halogenated alkanes) is 46. The van der Waals surface area contributed by atoms with Crippen molar-refractivity contribution in [3.05, 3.63) is 0 Å². The van der Waals surface area contributed by atoms with Crippen LogP contribution in [0.4, 0.5) is 0 Å². The third-order valence-electron chi connectivity index (χ3n) is 12.5. The first-order valence-electron chi connectivity index (χ1n) is 26.5. The lowest BCUT2D eigenvalue weighted by Crippen LogP contribution is -2.05. The van der Waals surface area contributed by atoms with Gasteiger partial charge in [0.25, 0.3) is 0 Å². The van der Waals surface area contributed by atoms with E-state index in [0.717, 1.165) is 12.8 Å². The molecule has 0 aromatic heterocycles. The normalized spacial score (nSPS) is 11.5. The van der Waals surface area contributed by atoms with Gasteiger partial charge in [0.2, 0.25) is 0 Å².